The number of nitrogens with one attached hydrogen (secondary N) is 1. The van der Waals surface area contributed by atoms with E-state index in [9.17, 15) is 0 Å². The zero-order chi connectivity index (χ0) is 13.8. The van der Waals surface area contributed by atoms with Gasteiger partial charge in [-0.3, -0.25) is 0 Å². The van der Waals surface area contributed by atoms with Crippen LogP contribution < -0.4 is 10.2 Å². The highest BCUT2D eigenvalue weighted by Crippen LogP contribution is 2.31. The molecule has 2 rings (SSSR count). The van der Waals surface area contributed by atoms with E-state index in [2.05, 4.69) is 89.6 Å². The molecular weight excluding hydrogens is 300 g/mol. The zero-order valence-electron chi connectivity index (χ0n) is 11.5. The lowest BCUT2D eigenvalue weighted by Gasteiger charge is -2.22. The van der Waals surface area contributed by atoms with E-state index in [0.29, 0.717) is 0 Å². The largest absolute Gasteiger partial charge is 0.377 e. The van der Waals surface area contributed by atoms with Crippen LogP contribution in [0.25, 0.3) is 0 Å². The van der Waals surface area contributed by atoms with Gasteiger partial charge >= 0.3 is 0 Å². The summed E-state index contributed by atoms with van der Waals surface area (Å²) >= 11 is 3.53. The lowest BCUT2D eigenvalue weighted by atomic mass is 10.1. The second kappa shape index (κ2) is 6.11. The Hall–Kier alpha value is -1.48. The summed E-state index contributed by atoms with van der Waals surface area (Å²) < 4.78 is 1.08. The minimum Gasteiger partial charge on any atom is -0.377 e. The second-order valence-electron chi connectivity index (χ2n) is 4.83. The van der Waals surface area contributed by atoms with Gasteiger partial charge in [-0.15, -0.1) is 0 Å². The molecule has 0 amide bonds. The molecule has 0 aliphatic carbocycles. The molecule has 0 heterocycles. The molecule has 19 heavy (non-hydrogen) atoms. The smallest absolute Gasteiger partial charge is 0.0597 e. The third-order valence-corrected chi connectivity index (χ3v) is 3.61. The van der Waals surface area contributed by atoms with Crippen molar-refractivity contribution in [2.24, 2.45) is 0 Å². The van der Waals surface area contributed by atoms with Gasteiger partial charge < -0.3 is 10.2 Å². The normalized spacial score (nSPS) is 12.0. The molecule has 2 aromatic rings. The molecule has 0 aliphatic heterocycles. The molecule has 3 heteroatoms. The standard InChI is InChI=1S/C16H19BrN2/c1-12(13-7-5-4-6-8-13)18-15-11-14(17)9-10-16(15)19(2)3/h4-12,18H,1-3H3. The fraction of sp³-hybridized carbons (Fsp3) is 0.250. The van der Waals surface area contributed by atoms with Gasteiger partial charge in [0.15, 0.2) is 0 Å². The van der Waals surface area contributed by atoms with Crippen LogP contribution in [0, 0.1) is 0 Å². The van der Waals surface area contributed by atoms with Crippen LogP contribution in [0.2, 0.25) is 0 Å². The predicted octanol–water partition coefficient (Wildman–Crippen LogP) is 4.69. The van der Waals surface area contributed by atoms with E-state index in [1.807, 2.05) is 6.07 Å². The van der Waals surface area contributed by atoms with Crippen LogP contribution in [0.15, 0.2) is 53.0 Å². The molecule has 100 valence electrons. The van der Waals surface area contributed by atoms with Gasteiger partial charge in [-0.2, -0.15) is 0 Å². The fourth-order valence-corrected chi connectivity index (χ4v) is 2.43. The lowest BCUT2D eigenvalue weighted by molar-refractivity contribution is 0.883. The van der Waals surface area contributed by atoms with Crippen LogP contribution in [0.5, 0.6) is 0 Å². The summed E-state index contributed by atoms with van der Waals surface area (Å²) in [4.78, 5) is 2.12. The Morgan fingerprint density at radius 3 is 2.37 bits per heavy atom. The van der Waals surface area contributed by atoms with Crippen molar-refractivity contribution >= 4 is 27.3 Å². The summed E-state index contributed by atoms with van der Waals surface area (Å²) in [6.45, 7) is 2.18. The van der Waals surface area contributed by atoms with Gasteiger partial charge in [0.2, 0.25) is 0 Å². The second-order valence-corrected chi connectivity index (χ2v) is 5.75. The number of rotatable bonds is 4. The van der Waals surface area contributed by atoms with E-state index in [1.54, 1.807) is 0 Å². The van der Waals surface area contributed by atoms with E-state index >= 15 is 0 Å². The third kappa shape index (κ3) is 3.51. The van der Waals surface area contributed by atoms with Gasteiger partial charge in [0.05, 0.1) is 11.4 Å². The number of anilines is 2. The van der Waals surface area contributed by atoms with Crippen molar-refractivity contribution in [3.05, 3.63) is 58.6 Å². The summed E-state index contributed by atoms with van der Waals surface area (Å²) in [5.41, 5.74) is 3.61. The first-order valence-electron chi connectivity index (χ1n) is 6.36. The molecular formula is C16H19BrN2. The topological polar surface area (TPSA) is 15.3 Å². The molecule has 0 saturated heterocycles. The van der Waals surface area contributed by atoms with Crippen LogP contribution in [-0.4, -0.2) is 14.1 Å². The molecule has 0 aromatic heterocycles. The molecule has 1 atom stereocenters. The summed E-state index contributed by atoms with van der Waals surface area (Å²) in [5, 5.41) is 3.58. The quantitative estimate of drug-likeness (QED) is 0.879. The van der Waals surface area contributed by atoms with Gasteiger partial charge in [-0.1, -0.05) is 46.3 Å². The highest BCUT2D eigenvalue weighted by atomic mass is 79.9. The Kier molecular flexibility index (Phi) is 4.48. The van der Waals surface area contributed by atoms with Crippen LogP contribution in [0.4, 0.5) is 11.4 Å². The molecule has 0 fully saturated rings. The van der Waals surface area contributed by atoms with Crippen LogP contribution >= 0.6 is 15.9 Å². The van der Waals surface area contributed by atoms with Crippen molar-refractivity contribution < 1.29 is 0 Å². The first kappa shape index (κ1) is 13.9. The van der Waals surface area contributed by atoms with E-state index in [4.69, 9.17) is 0 Å². The lowest BCUT2D eigenvalue weighted by Crippen LogP contribution is -2.14. The minimum absolute atomic E-state index is 0.272. The van der Waals surface area contributed by atoms with Gasteiger partial charge in [0.25, 0.3) is 0 Å². The molecule has 0 saturated carbocycles. The number of benzene rings is 2. The van der Waals surface area contributed by atoms with Crippen molar-refractivity contribution in [3.8, 4) is 0 Å². The van der Waals surface area contributed by atoms with Crippen molar-refractivity contribution in [3.63, 3.8) is 0 Å². The molecule has 0 aliphatic rings. The highest BCUT2D eigenvalue weighted by Gasteiger charge is 2.09. The first-order chi connectivity index (χ1) is 9.08. The maximum absolute atomic E-state index is 3.58. The number of halogens is 1. The van der Waals surface area contributed by atoms with Crippen LogP contribution in [-0.2, 0) is 0 Å². The van der Waals surface area contributed by atoms with E-state index in [1.165, 1.54) is 11.3 Å². The van der Waals surface area contributed by atoms with Crippen molar-refractivity contribution in [2.45, 2.75) is 13.0 Å². The van der Waals surface area contributed by atoms with Crippen molar-refractivity contribution in [1.82, 2.24) is 0 Å². The van der Waals surface area contributed by atoms with Crippen molar-refractivity contribution in [1.29, 1.82) is 0 Å². The number of hydrogen-bond acceptors (Lipinski definition) is 2. The third-order valence-electron chi connectivity index (χ3n) is 3.11. The van der Waals surface area contributed by atoms with E-state index < -0.39 is 0 Å². The maximum atomic E-state index is 3.58. The molecule has 1 unspecified atom stereocenters. The SMILES string of the molecule is CC(Nc1cc(Br)ccc1N(C)C)c1ccccc1. The zero-order valence-corrected chi connectivity index (χ0v) is 13.1. The molecule has 0 spiro atoms. The summed E-state index contributed by atoms with van der Waals surface area (Å²) in [6.07, 6.45) is 0. The van der Waals surface area contributed by atoms with Gasteiger partial charge in [-0.25, -0.2) is 0 Å². The number of nitrogens with zero attached hydrogens (tertiary/aromatic N) is 1. The molecule has 0 radical (unpaired) electrons. The van der Waals surface area contributed by atoms with Crippen molar-refractivity contribution in [2.75, 3.05) is 24.3 Å². The molecule has 2 aromatic carbocycles. The van der Waals surface area contributed by atoms with Gasteiger partial charge in [-0.05, 0) is 30.7 Å². The Bertz CT molecular complexity index is 538. The summed E-state index contributed by atoms with van der Waals surface area (Å²) in [5.74, 6) is 0. The Labute approximate surface area is 123 Å². The highest BCUT2D eigenvalue weighted by molar-refractivity contribution is 9.10. The average molecular weight is 319 g/mol. The Balaban J connectivity index is 2.25. The molecule has 0 bridgehead atoms. The van der Waals surface area contributed by atoms with E-state index in [-0.39, 0.29) is 6.04 Å². The fourth-order valence-electron chi connectivity index (χ4n) is 2.07. The average Bonchev–Trinajstić information content (AvgIpc) is 2.39. The predicted molar refractivity (Wildman–Crippen MR) is 86.9 cm³/mol. The summed E-state index contributed by atoms with van der Waals surface area (Å²) in [7, 11) is 4.11. The first-order valence-corrected chi connectivity index (χ1v) is 7.15. The van der Waals surface area contributed by atoms with Crippen LogP contribution in [0.3, 0.4) is 0 Å². The van der Waals surface area contributed by atoms with Gasteiger partial charge in [0, 0.05) is 24.6 Å². The van der Waals surface area contributed by atoms with E-state index in [0.717, 1.165) is 10.2 Å². The minimum atomic E-state index is 0.272. The number of hydrogen-bond donors (Lipinski definition) is 1. The Morgan fingerprint density at radius 1 is 1.05 bits per heavy atom. The summed E-state index contributed by atoms with van der Waals surface area (Å²) in [6, 6.07) is 17.0. The molecule has 1 N–H and O–H groups in total. The molecule has 2 nitrogen and oxygen atoms in total. The van der Waals surface area contributed by atoms with Gasteiger partial charge in [0.1, 0.15) is 0 Å². The maximum Gasteiger partial charge on any atom is 0.0597 e. The Morgan fingerprint density at radius 2 is 1.74 bits per heavy atom. The monoisotopic (exact) mass is 318 g/mol. The van der Waals surface area contributed by atoms with Crippen LogP contribution in [0.1, 0.15) is 18.5 Å².